The lowest BCUT2D eigenvalue weighted by Gasteiger charge is -1.92. The molecule has 0 aromatic carbocycles. The van der Waals surface area contributed by atoms with Crippen LogP contribution in [0.1, 0.15) is 6.42 Å². The Morgan fingerprint density at radius 1 is 1.43 bits per heavy atom. The molecule has 0 aromatic rings. The minimum atomic E-state index is 0.816. The van der Waals surface area contributed by atoms with E-state index >= 15 is 0 Å². The quantitative estimate of drug-likeness (QED) is 0.395. The molecular formula is C5H10ClN. The van der Waals surface area contributed by atoms with Crippen molar-refractivity contribution in [3.05, 3.63) is 0 Å². The molecule has 7 heavy (non-hydrogen) atoms. The van der Waals surface area contributed by atoms with E-state index in [4.69, 9.17) is 11.6 Å². The second kappa shape index (κ2) is 2.53. The summed E-state index contributed by atoms with van der Waals surface area (Å²) in [5.41, 5.74) is 0. The Morgan fingerprint density at radius 3 is 2.57 bits per heavy atom. The molecular weight excluding hydrogens is 110 g/mol. The van der Waals surface area contributed by atoms with Gasteiger partial charge in [0.25, 0.3) is 0 Å². The molecule has 1 fully saturated rings. The SMILES string of the molecule is ClCCCN1CC1. The summed E-state index contributed by atoms with van der Waals surface area (Å²) in [6, 6.07) is 0. The summed E-state index contributed by atoms with van der Waals surface area (Å²) >= 11 is 5.45. The fourth-order valence-corrected chi connectivity index (χ4v) is 0.697. The lowest BCUT2D eigenvalue weighted by atomic mass is 10.5. The van der Waals surface area contributed by atoms with Gasteiger partial charge in [-0.15, -0.1) is 11.6 Å². The smallest absolute Gasteiger partial charge is 0.0235 e. The van der Waals surface area contributed by atoms with Crippen molar-refractivity contribution in [2.24, 2.45) is 0 Å². The van der Waals surface area contributed by atoms with Crippen molar-refractivity contribution in [1.82, 2.24) is 4.90 Å². The summed E-state index contributed by atoms with van der Waals surface area (Å²) in [5.74, 6) is 0.816. The molecule has 0 N–H and O–H groups in total. The predicted molar refractivity (Wildman–Crippen MR) is 31.8 cm³/mol. The van der Waals surface area contributed by atoms with Crippen LogP contribution in [0.3, 0.4) is 0 Å². The van der Waals surface area contributed by atoms with Crippen LogP contribution in [-0.4, -0.2) is 30.4 Å². The number of alkyl halides is 1. The van der Waals surface area contributed by atoms with Crippen molar-refractivity contribution in [2.45, 2.75) is 6.42 Å². The first-order valence-electron chi connectivity index (χ1n) is 2.72. The van der Waals surface area contributed by atoms with Crippen LogP contribution < -0.4 is 0 Å². The Bertz CT molecular complexity index is 52.0. The Balaban J connectivity index is 1.80. The molecule has 1 heterocycles. The van der Waals surface area contributed by atoms with E-state index in [1.54, 1.807) is 0 Å². The van der Waals surface area contributed by atoms with Crippen LogP contribution in [0.25, 0.3) is 0 Å². The molecule has 0 aliphatic carbocycles. The van der Waals surface area contributed by atoms with Gasteiger partial charge in [0.05, 0.1) is 0 Å². The molecule has 0 unspecified atom stereocenters. The van der Waals surface area contributed by atoms with E-state index in [0.717, 1.165) is 12.3 Å². The van der Waals surface area contributed by atoms with Crippen molar-refractivity contribution in [3.63, 3.8) is 0 Å². The molecule has 1 saturated heterocycles. The van der Waals surface area contributed by atoms with Crippen molar-refractivity contribution >= 4 is 11.6 Å². The van der Waals surface area contributed by atoms with Crippen LogP contribution in [0.15, 0.2) is 0 Å². The molecule has 2 heteroatoms. The second-order valence-electron chi connectivity index (χ2n) is 1.88. The number of rotatable bonds is 3. The summed E-state index contributed by atoms with van der Waals surface area (Å²) in [6.45, 7) is 3.82. The van der Waals surface area contributed by atoms with E-state index in [2.05, 4.69) is 4.90 Å². The molecule has 0 atom stereocenters. The van der Waals surface area contributed by atoms with Gasteiger partial charge in [-0.05, 0) is 13.0 Å². The van der Waals surface area contributed by atoms with Gasteiger partial charge in [0.1, 0.15) is 0 Å². The van der Waals surface area contributed by atoms with Crippen molar-refractivity contribution in [1.29, 1.82) is 0 Å². The minimum Gasteiger partial charge on any atom is -0.301 e. The number of nitrogens with zero attached hydrogens (tertiary/aromatic N) is 1. The van der Waals surface area contributed by atoms with Crippen molar-refractivity contribution in [3.8, 4) is 0 Å². The van der Waals surface area contributed by atoms with Crippen LogP contribution in [0.4, 0.5) is 0 Å². The zero-order valence-corrected chi connectivity index (χ0v) is 5.12. The number of hydrogen-bond donors (Lipinski definition) is 0. The van der Waals surface area contributed by atoms with Gasteiger partial charge < -0.3 is 4.90 Å². The first-order valence-corrected chi connectivity index (χ1v) is 3.25. The molecule has 0 radical (unpaired) electrons. The van der Waals surface area contributed by atoms with E-state index in [1.807, 2.05) is 0 Å². The Kier molecular flexibility index (Phi) is 1.95. The van der Waals surface area contributed by atoms with Gasteiger partial charge >= 0.3 is 0 Å². The molecule has 42 valence electrons. The van der Waals surface area contributed by atoms with E-state index in [0.29, 0.717) is 0 Å². The second-order valence-corrected chi connectivity index (χ2v) is 2.26. The van der Waals surface area contributed by atoms with Gasteiger partial charge in [-0.25, -0.2) is 0 Å². The van der Waals surface area contributed by atoms with Crippen LogP contribution in [0.2, 0.25) is 0 Å². The van der Waals surface area contributed by atoms with Gasteiger partial charge in [0, 0.05) is 19.0 Å². The zero-order valence-electron chi connectivity index (χ0n) is 4.36. The van der Waals surface area contributed by atoms with E-state index in [-0.39, 0.29) is 0 Å². The highest BCUT2D eigenvalue weighted by Crippen LogP contribution is 2.03. The molecule has 0 aromatic heterocycles. The van der Waals surface area contributed by atoms with Crippen LogP contribution in [-0.2, 0) is 0 Å². The molecule has 1 aliphatic heterocycles. The molecule has 0 spiro atoms. The molecule has 1 rings (SSSR count). The minimum absolute atomic E-state index is 0.816. The van der Waals surface area contributed by atoms with Gasteiger partial charge in [-0.2, -0.15) is 0 Å². The topological polar surface area (TPSA) is 3.01 Å². The fraction of sp³-hybridized carbons (Fsp3) is 1.00. The number of hydrogen-bond acceptors (Lipinski definition) is 1. The Morgan fingerprint density at radius 2 is 2.14 bits per heavy atom. The average Bonchev–Trinajstić information content (AvgIpc) is 2.42. The lowest BCUT2D eigenvalue weighted by molar-refractivity contribution is 0.553. The third kappa shape index (κ3) is 2.15. The first-order chi connectivity index (χ1) is 3.43. The van der Waals surface area contributed by atoms with Crippen LogP contribution >= 0.6 is 11.6 Å². The summed E-state index contributed by atoms with van der Waals surface area (Å²) in [4.78, 5) is 2.38. The third-order valence-corrected chi connectivity index (χ3v) is 1.42. The third-order valence-electron chi connectivity index (χ3n) is 1.15. The standard InChI is InChI=1S/C5H10ClN/c6-2-1-3-7-4-5-7/h1-5H2. The van der Waals surface area contributed by atoms with E-state index in [1.165, 1.54) is 19.6 Å². The predicted octanol–water partition coefficient (Wildman–Crippen LogP) is 0.931. The summed E-state index contributed by atoms with van der Waals surface area (Å²) in [6.07, 6.45) is 1.15. The Labute approximate surface area is 49.3 Å². The zero-order chi connectivity index (χ0) is 5.11. The van der Waals surface area contributed by atoms with Crippen molar-refractivity contribution < 1.29 is 0 Å². The largest absolute Gasteiger partial charge is 0.301 e. The highest BCUT2D eigenvalue weighted by atomic mass is 35.5. The molecule has 0 bridgehead atoms. The van der Waals surface area contributed by atoms with Crippen molar-refractivity contribution in [2.75, 3.05) is 25.5 Å². The van der Waals surface area contributed by atoms with Gasteiger partial charge in [0.15, 0.2) is 0 Å². The Hall–Kier alpha value is 0.250. The highest BCUT2D eigenvalue weighted by molar-refractivity contribution is 6.17. The average molecular weight is 120 g/mol. The fourth-order valence-electron chi connectivity index (χ4n) is 0.578. The first kappa shape index (κ1) is 5.39. The maximum Gasteiger partial charge on any atom is 0.0235 e. The van der Waals surface area contributed by atoms with Gasteiger partial charge in [-0.1, -0.05) is 0 Å². The molecule has 0 amide bonds. The summed E-state index contributed by atoms with van der Waals surface area (Å²) in [7, 11) is 0. The summed E-state index contributed by atoms with van der Waals surface area (Å²) < 4.78 is 0. The van der Waals surface area contributed by atoms with Gasteiger partial charge in [-0.3, -0.25) is 0 Å². The maximum absolute atomic E-state index is 5.45. The highest BCUT2D eigenvalue weighted by Gasteiger charge is 2.14. The monoisotopic (exact) mass is 119 g/mol. The maximum atomic E-state index is 5.45. The molecule has 0 saturated carbocycles. The summed E-state index contributed by atoms with van der Waals surface area (Å²) in [5, 5.41) is 0. The van der Waals surface area contributed by atoms with Crippen LogP contribution in [0, 0.1) is 0 Å². The molecule has 1 nitrogen and oxygen atoms in total. The number of halogens is 1. The normalized spacial score (nSPS) is 20.1. The lowest BCUT2D eigenvalue weighted by Crippen LogP contribution is -1.98. The molecule has 1 aliphatic rings. The van der Waals surface area contributed by atoms with E-state index in [9.17, 15) is 0 Å². The van der Waals surface area contributed by atoms with Gasteiger partial charge in [0.2, 0.25) is 0 Å². The van der Waals surface area contributed by atoms with Crippen LogP contribution in [0.5, 0.6) is 0 Å². The van der Waals surface area contributed by atoms with E-state index < -0.39 is 0 Å².